The highest BCUT2D eigenvalue weighted by molar-refractivity contribution is 7.18. The summed E-state index contributed by atoms with van der Waals surface area (Å²) in [5.74, 6) is -0.481. The van der Waals surface area contributed by atoms with Crippen molar-refractivity contribution in [3.05, 3.63) is 49.8 Å². The Kier molecular flexibility index (Phi) is 5.40. The predicted molar refractivity (Wildman–Crippen MR) is 117 cm³/mol. The van der Waals surface area contributed by atoms with Crippen molar-refractivity contribution in [1.82, 2.24) is 15.0 Å². The SMILES string of the molecule is CC(C)(C)C1CCc2c(sc3nnn(CC(=O)Nc4ccc(F)c(Cl)c4)c(=O)c23)C1. The number of amides is 1. The third-order valence-electron chi connectivity index (χ3n) is 5.66. The van der Waals surface area contributed by atoms with Crippen molar-refractivity contribution in [2.75, 3.05) is 5.32 Å². The minimum atomic E-state index is -0.571. The standard InChI is InChI=1S/C21H22ClFN4O2S/c1-21(2,3)11-4-6-13-16(8-11)30-19-18(13)20(29)27(26-25-19)10-17(28)24-12-5-7-15(23)14(22)9-12/h5,7,9,11H,4,6,8,10H2,1-3H3,(H,24,28). The van der Waals surface area contributed by atoms with Gasteiger partial charge in [-0.15, -0.1) is 16.4 Å². The van der Waals surface area contributed by atoms with Crippen LogP contribution in [0.5, 0.6) is 0 Å². The first-order valence-electron chi connectivity index (χ1n) is 9.76. The van der Waals surface area contributed by atoms with Crippen molar-refractivity contribution in [3.8, 4) is 0 Å². The summed E-state index contributed by atoms with van der Waals surface area (Å²) in [6, 6.07) is 3.88. The summed E-state index contributed by atoms with van der Waals surface area (Å²) in [7, 11) is 0. The van der Waals surface area contributed by atoms with Gasteiger partial charge >= 0.3 is 0 Å². The molecule has 0 spiro atoms. The van der Waals surface area contributed by atoms with E-state index in [-0.39, 0.29) is 22.5 Å². The Balaban J connectivity index is 1.59. The van der Waals surface area contributed by atoms with Gasteiger partial charge < -0.3 is 5.32 Å². The van der Waals surface area contributed by atoms with Crippen molar-refractivity contribution < 1.29 is 9.18 Å². The lowest BCUT2D eigenvalue weighted by Crippen LogP contribution is -2.31. The number of aromatic nitrogens is 3. The molecule has 0 saturated heterocycles. The Morgan fingerprint density at radius 2 is 2.17 bits per heavy atom. The number of nitrogens with zero attached hydrogens (tertiary/aromatic N) is 3. The summed E-state index contributed by atoms with van der Waals surface area (Å²) in [6.45, 7) is 6.45. The van der Waals surface area contributed by atoms with Crippen molar-refractivity contribution in [3.63, 3.8) is 0 Å². The Morgan fingerprint density at radius 1 is 1.40 bits per heavy atom. The molecule has 1 aliphatic carbocycles. The summed E-state index contributed by atoms with van der Waals surface area (Å²) in [4.78, 5) is 27.2. The van der Waals surface area contributed by atoms with Crippen LogP contribution in [0.25, 0.3) is 10.2 Å². The highest BCUT2D eigenvalue weighted by Crippen LogP contribution is 2.41. The van der Waals surface area contributed by atoms with E-state index >= 15 is 0 Å². The molecule has 1 aromatic carbocycles. The lowest BCUT2D eigenvalue weighted by molar-refractivity contribution is -0.117. The van der Waals surface area contributed by atoms with Crippen LogP contribution >= 0.6 is 22.9 Å². The van der Waals surface area contributed by atoms with E-state index in [4.69, 9.17) is 11.6 Å². The van der Waals surface area contributed by atoms with Crippen molar-refractivity contribution >= 4 is 44.7 Å². The van der Waals surface area contributed by atoms with Crippen LogP contribution in [0.15, 0.2) is 23.0 Å². The molecule has 3 aromatic rings. The van der Waals surface area contributed by atoms with Gasteiger partial charge in [-0.2, -0.15) is 0 Å². The number of rotatable bonds is 3. The number of hydrogen-bond donors (Lipinski definition) is 1. The molecule has 1 atom stereocenters. The fourth-order valence-electron chi connectivity index (χ4n) is 3.88. The van der Waals surface area contributed by atoms with E-state index in [9.17, 15) is 14.0 Å². The average Bonchev–Trinajstić information content (AvgIpc) is 3.05. The molecule has 1 amide bonds. The predicted octanol–water partition coefficient (Wildman–Crippen LogP) is 4.44. The highest BCUT2D eigenvalue weighted by Gasteiger charge is 2.32. The maximum Gasteiger partial charge on any atom is 0.279 e. The van der Waals surface area contributed by atoms with Gasteiger partial charge in [0.1, 0.15) is 12.4 Å². The van der Waals surface area contributed by atoms with Gasteiger partial charge in [-0.3, -0.25) is 9.59 Å². The minimum absolute atomic E-state index is 0.0929. The number of fused-ring (bicyclic) bond motifs is 3. The number of nitrogens with one attached hydrogen (secondary N) is 1. The van der Waals surface area contributed by atoms with E-state index in [0.29, 0.717) is 21.8 Å². The Bertz CT molecular complexity index is 1200. The van der Waals surface area contributed by atoms with Crippen LogP contribution in [0.4, 0.5) is 10.1 Å². The fraction of sp³-hybridized carbons (Fsp3) is 0.429. The number of benzene rings is 1. The molecule has 2 heterocycles. The van der Waals surface area contributed by atoms with Gasteiger partial charge in [0.05, 0.1) is 10.4 Å². The summed E-state index contributed by atoms with van der Waals surface area (Å²) in [5.41, 5.74) is 1.30. The summed E-state index contributed by atoms with van der Waals surface area (Å²) >= 11 is 7.27. The van der Waals surface area contributed by atoms with E-state index in [1.807, 2.05) is 0 Å². The van der Waals surface area contributed by atoms with Crippen LogP contribution in [-0.4, -0.2) is 20.9 Å². The first-order chi connectivity index (χ1) is 14.1. The third kappa shape index (κ3) is 3.98. The normalized spacial score (nSPS) is 16.5. The van der Waals surface area contributed by atoms with Crippen LogP contribution in [0, 0.1) is 17.2 Å². The van der Waals surface area contributed by atoms with Crippen LogP contribution < -0.4 is 10.9 Å². The van der Waals surface area contributed by atoms with Gasteiger partial charge in [0.25, 0.3) is 5.56 Å². The zero-order valence-electron chi connectivity index (χ0n) is 17.0. The Labute approximate surface area is 182 Å². The Morgan fingerprint density at radius 3 is 2.87 bits per heavy atom. The quantitative estimate of drug-likeness (QED) is 0.642. The molecule has 0 fully saturated rings. The lowest BCUT2D eigenvalue weighted by Gasteiger charge is -2.33. The molecule has 4 rings (SSSR count). The second-order valence-corrected chi connectivity index (χ2v) is 10.2. The molecular formula is C21H22ClFN4O2S. The van der Waals surface area contributed by atoms with Gasteiger partial charge in [0.2, 0.25) is 5.91 Å². The molecule has 9 heteroatoms. The van der Waals surface area contributed by atoms with Crippen LogP contribution in [0.3, 0.4) is 0 Å². The number of thiophene rings is 1. The maximum atomic E-state index is 13.3. The Hall–Kier alpha value is -2.32. The summed E-state index contributed by atoms with van der Waals surface area (Å²) in [5, 5.41) is 11.2. The first-order valence-corrected chi connectivity index (χ1v) is 11.0. The molecule has 158 valence electrons. The number of anilines is 1. The largest absolute Gasteiger partial charge is 0.324 e. The molecular weight excluding hydrogens is 427 g/mol. The number of carbonyl (C=O) groups is 1. The molecule has 1 aliphatic rings. The molecule has 1 N–H and O–H groups in total. The fourth-order valence-corrected chi connectivity index (χ4v) is 5.30. The molecule has 2 aromatic heterocycles. The smallest absolute Gasteiger partial charge is 0.279 e. The lowest BCUT2D eigenvalue weighted by atomic mass is 9.72. The third-order valence-corrected chi connectivity index (χ3v) is 7.09. The second-order valence-electron chi connectivity index (χ2n) is 8.72. The topological polar surface area (TPSA) is 76.9 Å². The van der Waals surface area contributed by atoms with Gasteiger partial charge in [0, 0.05) is 10.6 Å². The summed E-state index contributed by atoms with van der Waals surface area (Å²) < 4.78 is 14.3. The van der Waals surface area contributed by atoms with Gasteiger partial charge in [-0.1, -0.05) is 37.6 Å². The molecule has 0 saturated carbocycles. The first kappa shape index (κ1) is 20.9. The van der Waals surface area contributed by atoms with Crippen molar-refractivity contribution in [2.24, 2.45) is 11.3 Å². The van der Waals surface area contributed by atoms with E-state index in [2.05, 4.69) is 36.4 Å². The van der Waals surface area contributed by atoms with Crippen molar-refractivity contribution in [2.45, 2.75) is 46.6 Å². The van der Waals surface area contributed by atoms with E-state index in [1.54, 1.807) is 0 Å². The highest BCUT2D eigenvalue weighted by atomic mass is 35.5. The molecule has 30 heavy (non-hydrogen) atoms. The maximum absolute atomic E-state index is 13.3. The van der Waals surface area contributed by atoms with Crippen LogP contribution in [-0.2, 0) is 24.2 Å². The van der Waals surface area contributed by atoms with Gasteiger partial charge in [-0.25, -0.2) is 9.07 Å². The zero-order chi connectivity index (χ0) is 21.6. The van der Waals surface area contributed by atoms with E-state index in [1.165, 1.54) is 34.4 Å². The van der Waals surface area contributed by atoms with Gasteiger partial charge in [-0.05, 0) is 54.4 Å². The molecule has 0 radical (unpaired) electrons. The second kappa shape index (κ2) is 7.74. The monoisotopic (exact) mass is 448 g/mol. The summed E-state index contributed by atoms with van der Waals surface area (Å²) in [6.07, 6.45) is 2.79. The number of halogens is 2. The van der Waals surface area contributed by atoms with Crippen LogP contribution in [0.2, 0.25) is 5.02 Å². The van der Waals surface area contributed by atoms with Gasteiger partial charge in [0.15, 0.2) is 4.83 Å². The number of carbonyl (C=O) groups excluding carboxylic acids is 1. The number of hydrogen-bond acceptors (Lipinski definition) is 5. The van der Waals surface area contributed by atoms with Crippen LogP contribution in [0.1, 0.15) is 37.6 Å². The number of aryl methyl sites for hydroxylation is 1. The molecule has 0 bridgehead atoms. The van der Waals surface area contributed by atoms with E-state index in [0.717, 1.165) is 29.5 Å². The van der Waals surface area contributed by atoms with Crippen molar-refractivity contribution in [1.29, 1.82) is 0 Å². The zero-order valence-corrected chi connectivity index (χ0v) is 18.5. The molecule has 1 unspecified atom stereocenters. The minimum Gasteiger partial charge on any atom is -0.324 e. The van der Waals surface area contributed by atoms with E-state index < -0.39 is 11.7 Å². The molecule has 6 nitrogen and oxygen atoms in total. The molecule has 0 aliphatic heterocycles. The average molecular weight is 449 g/mol.